The fourth-order valence-electron chi connectivity index (χ4n) is 1.17. The molecular formula is C12H12BrNO2. The number of methoxy groups -OCH3 is 1. The van der Waals surface area contributed by atoms with Gasteiger partial charge >= 0.3 is 0 Å². The third-order valence-electron chi connectivity index (χ3n) is 1.93. The topological polar surface area (TPSA) is 52.3 Å². The first kappa shape index (κ1) is 12.6. The van der Waals surface area contributed by atoms with Gasteiger partial charge in [0.25, 0.3) is 0 Å². The highest BCUT2D eigenvalue weighted by atomic mass is 79.9. The fraction of sp³-hybridized carbons (Fsp3) is 0.250. The van der Waals surface area contributed by atoms with Gasteiger partial charge in [0.15, 0.2) is 0 Å². The number of carbonyl (C=O) groups excluding carboxylic acids is 1. The molecule has 1 amide bonds. The summed E-state index contributed by atoms with van der Waals surface area (Å²) in [5.74, 6) is 5.95. The first-order valence-corrected chi connectivity index (χ1v) is 5.84. The van der Waals surface area contributed by atoms with Gasteiger partial charge in [0.1, 0.15) is 5.75 Å². The zero-order valence-corrected chi connectivity index (χ0v) is 10.5. The quantitative estimate of drug-likeness (QED) is 0.680. The summed E-state index contributed by atoms with van der Waals surface area (Å²) in [6, 6.07) is 5.09. The number of primary amides is 1. The maximum Gasteiger partial charge on any atom is 0.250 e. The Labute approximate surface area is 103 Å². The standard InChI is InChI=1S/C12H12BrNO2/c1-16-10-6-5-9(4-2-3-7-13)11(8-10)12(14)15/h5-6,8H,3,7H2,1H3,(H2,14,15). The van der Waals surface area contributed by atoms with E-state index in [1.165, 1.54) is 7.11 Å². The summed E-state index contributed by atoms with van der Waals surface area (Å²) < 4.78 is 5.02. The molecule has 1 aromatic carbocycles. The first-order chi connectivity index (χ1) is 7.69. The molecule has 16 heavy (non-hydrogen) atoms. The van der Waals surface area contributed by atoms with Gasteiger partial charge < -0.3 is 10.5 Å². The van der Waals surface area contributed by atoms with Crippen LogP contribution in [0.1, 0.15) is 22.3 Å². The van der Waals surface area contributed by atoms with Gasteiger partial charge in [0.05, 0.1) is 12.7 Å². The van der Waals surface area contributed by atoms with Crippen molar-refractivity contribution in [3.05, 3.63) is 29.3 Å². The van der Waals surface area contributed by atoms with Crippen molar-refractivity contribution in [1.82, 2.24) is 0 Å². The van der Waals surface area contributed by atoms with Crippen LogP contribution in [0, 0.1) is 11.8 Å². The van der Waals surface area contributed by atoms with E-state index in [1.54, 1.807) is 18.2 Å². The number of alkyl halides is 1. The number of hydrogen-bond donors (Lipinski definition) is 1. The first-order valence-electron chi connectivity index (χ1n) is 4.71. The third kappa shape index (κ3) is 3.28. The molecular weight excluding hydrogens is 270 g/mol. The van der Waals surface area contributed by atoms with Gasteiger partial charge in [-0.05, 0) is 18.2 Å². The van der Waals surface area contributed by atoms with E-state index in [1.807, 2.05) is 0 Å². The Balaban J connectivity index is 3.09. The van der Waals surface area contributed by atoms with Gasteiger partial charge in [-0.3, -0.25) is 4.79 Å². The molecule has 1 rings (SSSR count). The van der Waals surface area contributed by atoms with Crippen LogP contribution >= 0.6 is 15.9 Å². The summed E-state index contributed by atoms with van der Waals surface area (Å²) in [4.78, 5) is 11.2. The molecule has 1 aromatic rings. The van der Waals surface area contributed by atoms with E-state index in [0.29, 0.717) is 16.9 Å². The van der Waals surface area contributed by atoms with Gasteiger partial charge in [-0.15, -0.1) is 0 Å². The van der Waals surface area contributed by atoms with Crippen LogP contribution in [-0.4, -0.2) is 18.3 Å². The van der Waals surface area contributed by atoms with Gasteiger partial charge in [0.2, 0.25) is 5.91 Å². The van der Waals surface area contributed by atoms with E-state index in [0.717, 1.165) is 11.8 Å². The normalized spacial score (nSPS) is 9.12. The lowest BCUT2D eigenvalue weighted by molar-refractivity contribution is 0.0999. The van der Waals surface area contributed by atoms with Gasteiger partial charge in [-0.1, -0.05) is 27.8 Å². The van der Waals surface area contributed by atoms with Crippen molar-refractivity contribution < 1.29 is 9.53 Å². The van der Waals surface area contributed by atoms with Crippen LogP contribution in [0.2, 0.25) is 0 Å². The Hall–Kier alpha value is -1.47. The molecule has 0 heterocycles. The average Bonchev–Trinajstić information content (AvgIpc) is 2.29. The highest BCUT2D eigenvalue weighted by Crippen LogP contribution is 2.16. The van der Waals surface area contributed by atoms with E-state index in [9.17, 15) is 4.79 Å². The van der Waals surface area contributed by atoms with E-state index in [2.05, 4.69) is 27.8 Å². The number of benzene rings is 1. The number of ether oxygens (including phenoxy) is 1. The highest BCUT2D eigenvalue weighted by Gasteiger charge is 2.07. The van der Waals surface area contributed by atoms with Crippen LogP contribution < -0.4 is 10.5 Å². The maximum atomic E-state index is 11.2. The molecule has 0 spiro atoms. The molecule has 0 unspecified atom stereocenters. The molecule has 0 aliphatic rings. The molecule has 0 aliphatic heterocycles. The van der Waals surface area contributed by atoms with Crippen molar-refractivity contribution in [2.75, 3.05) is 12.4 Å². The SMILES string of the molecule is COc1ccc(C#CCCBr)c(C(N)=O)c1. The molecule has 0 fully saturated rings. The van der Waals surface area contributed by atoms with E-state index >= 15 is 0 Å². The second-order valence-corrected chi connectivity index (χ2v) is 3.81. The molecule has 0 atom stereocenters. The van der Waals surface area contributed by atoms with Gasteiger partial charge in [-0.25, -0.2) is 0 Å². The smallest absolute Gasteiger partial charge is 0.250 e. The molecule has 3 nitrogen and oxygen atoms in total. The Morgan fingerprint density at radius 3 is 2.88 bits per heavy atom. The molecule has 0 aromatic heterocycles. The van der Waals surface area contributed by atoms with Crippen molar-refractivity contribution in [2.24, 2.45) is 5.73 Å². The number of nitrogens with two attached hydrogens (primary N) is 1. The number of hydrogen-bond acceptors (Lipinski definition) is 2. The summed E-state index contributed by atoms with van der Waals surface area (Å²) in [5, 5.41) is 0.808. The highest BCUT2D eigenvalue weighted by molar-refractivity contribution is 9.09. The van der Waals surface area contributed by atoms with Crippen molar-refractivity contribution in [1.29, 1.82) is 0 Å². The van der Waals surface area contributed by atoms with E-state index < -0.39 is 5.91 Å². The van der Waals surface area contributed by atoms with E-state index in [4.69, 9.17) is 10.5 Å². The Kier molecular flexibility index (Phi) is 4.87. The van der Waals surface area contributed by atoms with Crippen molar-refractivity contribution in [3.63, 3.8) is 0 Å². The maximum absolute atomic E-state index is 11.2. The van der Waals surface area contributed by atoms with E-state index in [-0.39, 0.29) is 0 Å². The van der Waals surface area contributed by atoms with Crippen LogP contribution in [-0.2, 0) is 0 Å². The molecule has 0 saturated heterocycles. The molecule has 0 radical (unpaired) electrons. The largest absolute Gasteiger partial charge is 0.497 e. The minimum absolute atomic E-state index is 0.390. The number of halogens is 1. The van der Waals surface area contributed by atoms with Crippen LogP contribution in [0.15, 0.2) is 18.2 Å². The average molecular weight is 282 g/mol. The Morgan fingerprint density at radius 1 is 1.56 bits per heavy atom. The predicted octanol–water partition coefficient (Wildman–Crippen LogP) is 1.93. The van der Waals surface area contributed by atoms with Crippen LogP contribution in [0.5, 0.6) is 5.75 Å². The third-order valence-corrected chi connectivity index (χ3v) is 2.33. The Bertz CT molecular complexity index is 446. The van der Waals surface area contributed by atoms with Gasteiger partial charge in [-0.2, -0.15) is 0 Å². The molecule has 0 bridgehead atoms. The van der Waals surface area contributed by atoms with Crippen molar-refractivity contribution in [3.8, 4) is 17.6 Å². The molecule has 0 saturated carbocycles. The minimum atomic E-state index is -0.498. The van der Waals surface area contributed by atoms with Crippen LogP contribution in [0.4, 0.5) is 0 Å². The second-order valence-electron chi connectivity index (χ2n) is 3.02. The fourth-order valence-corrected chi connectivity index (χ4v) is 1.37. The lowest BCUT2D eigenvalue weighted by atomic mass is 10.1. The van der Waals surface area contributed by atoms with Crippen molar-refractivity contribution in [2.45, 2.75) is 6.42 Å². The summed E-state index contributed by atoms with van der Waals surface area (Å²) in [7, 11) is 1.54. The zero-order valence-electron chi connectivity index (χ0n) is 8.92. The number of amides is 1. The number of rotatable bonds is 3. The molecule has 4 heteroatoms. The molecule has 2 N–H and O–H groups in total. The monoisotopic (exact) mass is 281 g/mol. The van der Waals surface area contributed by atoms with Crippen molar-refractivity contribution >= 4 is 21.8 Å². The van der Waals surface area contributed by atoms with Crippen LogP contribution in [0.25, 0.3) is 0 Å². The zero-order chi connectivity index (χ0) is 12.0. The summed E-state index contributed by atoms with van der Waals surface area (Å²) in [6.07, 6.45) is 0.726. The second kappa shape index (κ2) is 6.19. The predicted molar refractivity (Wildman–Crippen MR) is 66.8 cm³/mol. The summed E-state index contributed by atoms with van der Waals surface area (Å²) in [6.45, 7) is 0. The minimum Gasteiger partial charge on any atom is -0.497 e. The lowest BCUT2D eigenvalue weighted by Gasteiger charge is -2.03. The molecule has 84 valence electrons. The number of carbonyl (C=O) groups is 1. The Morgan fingerprint density at radius 2 is 2.31 bits per heavy atom. The van der Waals surface area contributed by atoms with Gasteiger partial charge in [0, 0.05) is 17.3 Å². The lowest BCUT2D eigenvalue weighted by Crippen LogP contribution is -2.13. The van der Waals surface area contributed by atoms with Crippen LogP contribution in [0.3, 0.4) is 0 Å². The summed E-state index contributed by atoms with van der Waals surface area (Å²) in [5.41, 5.74) is 6.29. The summed E-state index contributed by atoms with van der Waals surface area (Å²) >= 11 is 3.28. The molecule has 0 aliphatic carbocycles.